The van der Waals surface area contributed by atoms with Crippen LogP contribution in [-0.2, 0) is 16.0 Å². The molecule has 0 radical (unpaired) electrons. The number of thiazole rings is 1. The van der Waals surface area contributed by atoms with Gasteiger partial charge in [0.15, 0.2) is 5.13 Å². The number of ether oxygens (including phenoxy) is 1. The minimum atomic E-state index is -0.482. The summed E-state index contributed by atoms with van der Waals surface area (Å²) in [4.78, 5) is 27.8. The summed E-state index contributed by atoms with van der Waals surface area (Å²) in [5, 5.41) is 2.95. The Bertz CT molecular complexity index is 667. The zero-order valence-corrected chi connectivity index (χ0v) is 12.3. The lowest BCUT2D eigenvalue weighted by molar-refractivity contribution is -0.115. The van der Waals surface area contributed by atoms with Gasteiger partial charge in [0.2, 0.25) is 5.91 Å². The molecule has 1 aromatic heterocycles. The van der Waals surface area contributed by atoms with Crippen LogP contribution in [0.15, 0.2) is 24.3 Å². The third-order valence-corrected chi connectivity index (χ3v) is 3.74. The number of methoxy groups -OCH3 is 1. The molecule has 1 heterocycles. The second-order valence-electron chi connectivity index (χ2n) is 4.28. The third kappa shape index (κ3) is 3.85. The standard InChI is InChI=1S/C14H13FN2O3S/c1-8-12(13(19)20-2)21-14(16-8)17-11(18)7-9-3-5-10(15)6-4-9/h3-6H,7H2,1-2H3,(H,16,17,18). The fourth-order valence-corrected chi connectivity index (χ4v) is 2.58. The summed E-state index contributed by atoms with van der Waals surface area (Å²) in [5.41, 5.74) is 1.19. The molecular weight excluding hydrogens is 295 g/mol. The van der Waals surface area contributed by atoms with E-state index in [9.17, 15) is 14.0 Å². The number of amides is 1. The number of halogens is 1. The van der Waals surface area contributed by atoms with Crippen LogP contribution in [0, 0.1) is 12.7 Å². The van der Waals surface area contributed by atoms with Gasteiger partial charge in [-0.25, -0.2) is 14.2 Å². The van der Waals surface area contributed by atoms with Crippen LogP contribution in [0.2, 0.25) is 0 Å². The lowest BCUT2D eigenvalue weighted by Crippen LogP contribution is -2.14. The average molecular weight is 308 g/mol. The van der Waals surface area contributed by atoms with Gasteiger partial charge in [-0.2, -0.15) is 0 Å². The molecule has 21 heavy (non-hydrogen) atoms. The number of hydrogen-bond acceptors (Lipinski definition) is 5. The monoisotopic (exact) mass is 308 g/mol. The van der Waals surface area contributed by atoms with Gasteiger partial charge in [0.05, 0.1) is 19.2 Å². The minimum absolute atomic E-state index is 0.104. The molecule has 0 saturated heterocycles. The molecule has 0 saturated carbocycles. The predicted octanol–water partition coefficient (Wildman–Crippen LogP) is 2.56. The average Bonchev–Trinajstić information content (AvgIpc) is 2.81. The molecule has 1 aromatic carbocycles. The topological polar surface area (TPSA) is 68.3 Å². The van der Waals surface area contributed by atoms with E-state index in [0.29, 0.717) is 21.3 Å². The number of anilines is 1. The first-order chi connectivity index (χ1) is 9.99. The molecule has 0 aliphatic heterocycles. The molecular formula is C14H13FN2O3S. The Morgan fingerprint density at radius 2 is 2.00 bits per heavy atom. The van der Waals surface area contributed by atoms with Crippen LogP contribution >= 0.6 is 11.3 Å². The maximum absolute atomic E-state index is 12.8. The molecule has 0 fully saturated rings. The number of hydrogen-bond donors (Lipinski definition) is 1. The van der Waals surface area contributed by atoms with E-state index in [1.165, 1.54) is 19.2 Å². The van der Waals surface area contributed by atoms with Crippen LogP contribution in [-0.4, -0.2) is 24.0 Å². The van der Waals surface area contributed by atoms with E-state index in [1.807, 2.05) is 0 Å². The Kier molecular flexibility index (Phi) is 4.64. The molecule has 0 aliphatic rings. The molecule has 2 rings (SSSR count). The first-order valence-electron chi connectivity index (χ1n) is 6.09. The Balaban J connectivity index is 2.03. The number of aromatic nitrogens is 1. The van der Waals surface area contributed by atoms with Crippen molar-refractivity contribution in [2.45, 2.75) is 13.3 Å². The van der Waals surface area contributed by atoms with Crippen LogP contribution in [0.5, 0.6) is 0 Å². The molecule has 0 atom stereocenters. The van der Waals surface area contributed by atoms with Crippen molar-refractivity contribution in [1.82, 2.24) is 4.98 Å². The number of carbonyl (C=O) groups excluding carboxylic acids is 2. The van der Waals surface area contributed by atoms with Gasteiger partial charge < -0.3 is 10.1 Å². The van der Waals surface area contributed by atoms with Crippen LogP contribution in [0.3, 0.4) is 0 Å². The fourth-order valence-electron chi connectivity index (χ4n) is 1.68. The number of carbonyl (C=O) groups is 2. The van der Waals surface area contributed by atoms with Crippen molar-refractivity contribution in [3.63, 3.8) is 0 Å². The van der Waals surface area contributed by atoms with Gasteiger partial charge in [0.25, 0.3) is 0 Å². The first-order valence-corrected chi connectivity index (χ1v) is 6.91. The molecule has 0 unspecified atom stereocenters. The first kappa shape index (κ1) is 15.1. The summed E-state index contributed by atoms with van der Waals surface area (Å²) in [6.07, 6.45) is 0.104. The van der Waals surface area contributed by atoms with Gasteiger partial charge in [-0.1, -0.05) is 23.5 Å². The van der Waals surface area contributed by atoms with Crippen molar-refractivity contribution in [3.8, 4) is 0 Å². The molecule has 0 spiro atoms. The van der Waals surface area contributed by atoms with Crippen molar-refractivity contribution in [2.75, 3.05) is 12.4 Å². The van der Waals surface area contributed by atoms with Crippen molar-refractivity contribution >= 4 is 28.3 Å². The normalized spacial score (nSPS) is 10.2. The van der Waals surface area contributed by atoms with Gasteiger partial charge in [-0.15, -0.1) is 0 Å². The van der Waals surface area contributed by atoms with Crippen molar-refractivity contribution in [3.05, 3.63) is 46.2 Å². The van der Waals surface area contributed by atoms with E-state index < -0.39 is 5.97 Å². The van der Waals surface area contributed by atoms with E-state index in [0.717, 1.165) is 11.3 Å². The maximum atomic E-state index is 12.8. The summed E-state index contributed by atoms with van der Waals surface area (Å²) in [7, 11) is 1.29. The lowest BCUT2D eigenvalue weighted by atomic mass is 10.1. The Morgan fingerprint density at radius 3 is 2.62 bits per heavy atom. The number of aryl methyl sites for hydroxylation is 1. The maximum Gasteiger partial charge on any atom is 0.350 e. The second kappa shape index (κ2) is 6.45. The molecule has 2 aromatic rings. The quantitative estimate of drug-likeness (QED) is 0.881. The third-order valence-electron chi connectivity index (χ3n) is 2.69. The Hall–Kier alpha value is -2.28. The number of benzene rings is 1. The van der Waals surface area contributed by atoms with Gasteiger partial charge in [-0.3, -0.25) is 4.79 Å². The Morgan fingerprint density at radius 1 is 1.33 bits per heavy atom. The molecule has 110 valence electrons. The van der Waals surface area contributed by atoms with E-state index in [1.54, 1.807) is 19.1 Å². The van der Waals surface area contributed by atoms with E-state index in [2.05, 4.69) is 15.0 Å². The summed E-state index contributed by atoms with van der Waals surface area (Å²) in [5.74, 6) is -1.12. The summed E-state index contributed by atoms with van der Waals surface area (Å²) >= 11 is 1.06. The van der Waals surface area contributed by atoms with Crippen LogP contribution < -0.4 is 5.32 Å². The van der Waals surface area contributed by atoms with Crippen LogP contribution in [0.25, 0.3) is 0 Å². The lowest BCUT2D eigenvalue weighted by Gasteiger charge is -2.01. The molecule has 0 bridgehead atoms. The number of esters is 1. The second-order valence-corrected chi connectivity index (χ2v) is 5.28. The SMILES string of the molecule is COC(=O)c1sc(NC(=O)Cc2ccc(F)cc2)nc1C. The molecule has 1 amide bonds. The minimum Gasteiger partial charge on any atom is -0.465 e. The summed E-state index contributed by atoms with van der Waals surface area (Å²) in [6, 6.07) is 5.68. The number of nitrogens with zero attached hydrogens (tertiary/aromatic N) is 1. The molecule has 5 nitrogen and oxygen atoms in total. The highest BCUT2D eigenvalue weighted by Gasteiger charge is 2.16. The number of nitrogens with one attached hydrogen (secondary N) is 1. The predicted molar refractivity (Wildman–Crippen MR) is 76.9 cm³/mol. The van der Waals surface area contributed by atoms with Gasteiger partial charge >= 0.3 is 5.97 Å². The fraction of sp³-hybridized carbons (Fsp3) is 0.214. The van der Waals surface area contributed by atoms with Crippen molar-refractivity contribution in [2.24, 2.45) is 0 Å². The van der Waals surface area contributed by atoms with Crippen molar-refractivity contribution < 1.29 is 18.7 Å². The summed E-state index contributed by atoms with van der Waals surface area (Å²) < 4.78 is 17.4. The zero-order valence-electron chi connectivity index (χ0n) is 11.5. The van der Waals surface area contributed by atoms with E-state index in [-0.39, 0.29) is 18.1 Å². The highest BCUT2D eigenvalue weighted by molar-refractivity contribution is 7.17. The molecule has 1 N–H and O–H groups in total. The van der Waals surface area contributed by atoms with Gasteiger partial charge in [-0.05, 0) is 24.6 Å². The largest absolute Gasteiger partial charge is 0.465 e. The molecule has 7 heteroatoms. The highest BCUT2D eigenvalue weighted by atomic mass is 32.1. The van der Waals surface area contributed by atoms with E-state index in [4.69, 9.17) is 0 Å². The van der Waals surface area contributed by atoms with Gasteiger partial charge in [0.1, 0.15) is 10.7 Å². The molecule has 0 aliphatic carbocycles. The number of rotatable bonds is 4. The smallest absolute Gasteiger partial charge is 0.350 e. The highest BCUT2D eigenvalue weighted by Crippen LogP contribution is 2.23. The summed E-state index contributed by atoms with van der Waals surface area (Å²) in [6.45, 7) is 1.67. The van der Waals surface area contributed by atoms with Gasteiger partial charge in [0, 0.05) is 0 Å². The van der Waals surface area contributed by atoms with Crippen LogP contribution in [0.4, 0.5) is 9.52 Å². The zero-order chi connectivity index (χ0) is 15.4. The Labute approximate surface area is 124 Å². The van der Waals surface area contributed by atoms with E-state index >= 15 is 0 Å². The van der Waals surface area contributed by atoms with Crippen LogP contribution in [0.1, 0.15) is 20.9 Å². The van der Waals surface area contributed by atoms with Crippen molar-refractivity contribution in [1.29, 1.82) is 0 Å².